The van der Waals surface area contributed by atoms with Crippen LogP contribution in [0.1, 0.15) is 20.8 Å². The molecule has 2 N–H and O–H groups in total. The molecule has 0 aromatic heterocycles. The summed E-state index contributed by atoms with van der Waals surface area (Å²) in [5.74, 6) is 0. The molecule has 1 unspecified atom stereocenters. The smallest absolute Gasteiger partial charge is 0.103 e. The summed E-state index contributed by atoms with van der Waals surface area (Å²) in [6.45, 7) is 5.00. The van der Waals surface area contributed by atoms with Gasteiger partial charge < -0.3 is 5.11 Å². The molecule has 0 amide bonds. The van der Waals surface area contributed by atoms with E-state index in [1.54, 1.807) is 20.8 Å². The standard InChI is InChI=1S/C6H12N2O/c1-5(9)8-6(2,3)4-7/h5,8-9H,1-3H3. The number of nitrogens with zero attached hydrogens (tertiary/aromatic N) is 1. The minimum Gasteiger partial charge on any atom is -0.379 e. The van der Waals surface area contributed by atoms with E-state index in [0.717, 1.165) is 0 Å². The molecule has 3 heteroatoms. The lowest BCUT2D eigenvalue weighted by atomic mass is 10.1. The fourth-order valence-electron chi connectivity index (χ4n) is 0.554. The van der Waals surface area contributed by atoms with Crippen LogP contribution in [0.5, 0.6) is 0 Å². The predicted octanol–water partition coefficient (Wildman–Crippen LogP) is 0.216. The highest BCUT2D eigenvalue weighted by molar-refractivity contribution is 4.99. The van der Waals surface area contributed by atoms with Crippen LogP contribution in [-0.2, 0) is 0 Å². The van der Waals surface area contributed by atoms with Crippen LogP contribution in [0.25, 0.3) is 0 Å². The summed E-state index contributed by atoms with van der Waals surface area (Å²) in [6.07, 6.45) is -0.625. The minimum atomic E-state index is -0.631. The van der Waals surface area contributed by atoms with Crippen molar-refractivity contribution >= 4 is 0 Å². The summed E-state index contributed by atoms with van der Waals surface area (Å²) >= 11 is 0. The van der Waals surface area contributed by atoms with Gasteiger partial charge in [0, 0.05) is 0 Å². The largest absolute Gasteiger partial charge is 0.379 e. The van der Waals surface area contributed by atoms with Crippen LogP contribution in [-0.4, -0.2) is 16.9 Å². The zero-order chi connectivity index (χ0) is 7.49. The molecule has 0 saturated heterocycles. The third-order valence-electron chi connectivity index (χ3n) is 0.849. The highest BCUT2D eigenvalue weighted by atomic mass is 16.3. The molecule has 0 aromatic rings. The fraction of sp³-hybridized carbons (Fsp3) is 0.833. The molecular weight excluding hydrogens is 116 g/mol. The summed E-state index contributed by atoms with van der Waals surface area (Å²) in [7, 11) is 0. The van der Waals surface area contributed by atoms with E-state index in [2.05, 4.69) is 5.32 Å². The van der Waals surface area contributed by atoms with Crippen LogP contribution in [0.15, 0.2) is 0 Å². The van der Waals surface area contributed by atoms with Crippen molar-refractivity contribution in [1.29, 1.82) is 5.26 Å². The Labute approximate surface area is 55.3 Å². The lowest BCUT2D eigenvalue weighted by Crippen LogP contribution is -2.43. The van der Waals surface area contributed by atoms with E-state index in [4.69, 9.17) is 10.4 Å². The summed E-state index contributed by atoms with van der Waals surface area (Å²) in [4.78, 5) is 0. The molecule has 0 aliphatic heterocycles. The molecule has 0 aliphatic carbocycles. The summed E-state index contributed by atoms with van der Waals surface area (Å²) in [5.41, 5.74) is -0.631. The first-order chi connectivity index (χ1) is 3.98. The maximum absolute atomic E-state index is 8.76. The molecule has 9 heavy (non-hydrogen) atoms. The molecule has 1 atom stereocenters. The summed E-state index contributed by atoms with van der Waals surface area (Å²) in [6, 6.07) is 2.00. The lowest BCUT2D eigenvalue weighted by Gasteiger charge is -2.19. The first-order valence-corrected chi connectivity index (χ1v) is 2.85. The molecule has 0 heterocycles. The molecule has 0 aliphatic rings. The molecule has 0 radical (unpaired) electrons. The van der Waals surface area contributed by atoms with E-state index in [9.17, 15) is 0 Å². The molecule has 0 aromatic carbocycles. The third-order valence-corrected chi connectivity index (χ3v) is 0.849. The Hall–Kier alpha value is -0.590. The first-order valence-electron chi connectivity index (χ1n) is 2.85. The van der Waals surface area contributed by atoms with Crippen molar-refractivity contribution < 1.29 is 5.11 Å². The van der Waals surface area contributed by atoms with Gasteiger partial charge in [0.1, 0.15) is 11.8 Å². The Bertz CT molecular complexity index is 124. The topological polar surface area (TPSA) is 56.0 Å². The number of nitriles is 1. The summed E-state index contributed by atoms with van der Waals surface area (Å²) < 4.78 is 0. The van der Waals surface area contributed by atoms with E-state index in [-0.39, 0.29) is 0 Å². The van der Waals surface area contributed by atoms with Crippen molar-refractivity contribution in [3.8, 4) is 6.07 Å². The second-order valence-corrected chi connectivity index (χ2v) is 2.56. The van der Waals surface area contributed by atoms with Gasteiger partial charge in [0.15, 0.2) is 0 Å². The van der Waals surface area contributed by atoms with Crippen molar-refractivity contribution in [3.05, 3.63) is 0 Å². The predicted molar refractivity (Wildman–Crippen MR) is 34.5 cm³/mol. The molecule has 0 bridgehead atoms. The van der Waals surface area contributed by atoms with E-state index in [0.29, 0.717) is 0 Å². The number of aliphatic hydroxyl groups is 1. The molecule has 0 rings (SSSR count). The number of nitrogens with one attached hydrogen (secondary N) is 1. The molecular formula is C6H12N2O. The zero-order valence-corrected chi connectivity index (χ0v) is 5.97. The van der Waals surface area contributed by atoms with Gasteiger partial charge in [0.2, 0.25) is 0 Å². The Morgan fingerprint density at radius 2 is 2.11 bits per heavy atom. The van der Waals surface area contributed by atoms with E-state index in [1.807, 2.05) is 6.07 Å². The Morgan fingerprint density at radius 1 is 1.67 bits per heavy atom. The molecule has 0 spiro atoms. The van der Waals surface area contributed by atoms with Crippen LogP contribution < -0.4 is 5.32 Å². The van der Waals surface area contributed by atoms with Gasteiger partial charge >= 0.3 is 0 Å². The quantitative estimate of drug-likeness (QED) is 0.523. The lowest BCUT2D eigenvalue weighted by molar-refractivity contribution is 0.133. The van der Waals surface area contributed by atoms with Crippen LogP contribution in [0.3, 0.4) is 0 Å². The highest BCUT2D eigenvalue weighted by Gasteiger charge is 2.16. The molecule has 52 valence electrons. The maximum Gasteiger partial charge on any atom is 0.103 e. The zero-order valence-electron chi connectivity index (χ0n) is 5.97. The Morgan fingerprint density at radius 3 is 2.22 bits per heavy atom. The van der Waals surface area contributed by atoms with Gasteiger partial charge in [0.25, 0.3) is 0 Å². The summed E-state index contributed by atoms with van der Waals surface area (Å²) in [5, 5.41) is 19.8. The molecule has 0 saturated carbocycles. The second-order valence-electron chi connectivity index (χ2n) is 2.56. The van der Waals surface area contributed by atoms with Crippen molar-refractivity contribution in [2.45, 2.75) is 32.5 Å². The third kappa shape index (κ3) is 3.95. The Kier molecular flexibility index (Phi) is 2.63. The minimum absolute atomic E-state index is 0.625. The van der Waals surface area contributed by atoms with Gasteiger partial charge in [-0.15, -0.1) is 0 Å². The van der Waals surface area contributed by atoms with Gasteiger partial charge in [-0.05, 0) is 20.8 Å². The van der Waals surface area contributed by atoms with E-state index < -0.39 is 11.8 Å². The monoisotopic (exact) mass is 128 g/mol. The van der Waals surface area contributed by atoms with Crippen molar-refractivity contribution in [3.63, 3.8) is 0 Å². The highest BCUT2D eigenvalue weighted by Crippen LogP contribution is 1.98. The number of hydrogen-bond acceptors (Lipinski definition) is 3. The van der Waals surface area contributed by atoms with Crippen LogP contribution >= 0.6 is 0 Å². The fourth-order valence-corrected chi connectivity index (χ4v) is 0.554. The van der Waals surface area contributed by atoms with Gasteiger partial charge in [-0.1, -0.05) is 0 Å². The Balaban J connectivity index is 3.76. The maximum atomic E-state index is 8.76. The van der Waals surface area contributed by atoms with Gasteiger partial charge in [-0.3, -0.25) is 5.32 Å². The molecule has 3 nitrogen and oxygen atoms in total. The van der Waals surface area contributed by atoms with Gasteiger partial charge in [0.05, 0.1) is 6.07 Å². The SMILES string of the molecule is CC(O)NC(C)(C)C#N. The first kappa shape index (κ1) is 8.41. The van der Waals surface area contributed by atoms with Gasteiger partial charge in [-0.2, -0.15) is 5.26 Å². The van der Waals surface area contributed by atoms with Crippen LogP contribution in [0, 0.1) is 11.3 Å². The van der Waals surface area contributed by atoms with Crippen molar-refractivity contribution in [1.82, 2.24) is 5.32 Å². The number of rotatable bonds is 2. The molecule has 0 fully saturated rings. The second kappa shape index (κ2) is 2.81. The van der Waals surface area contributed by atoms with Crippen LogP contribution in [0.2, 0.25) is 0 Å². The number of aliphatic hydroxyl groups excluding tert-OH is 1. The average Bonchev–Trinajstić information content (AvgIpc) is 1.63. The van der Waals surface area contributed by atoms with Crippen molar-refractivity contribution in [2.75, 3.05) is 0 Å². The van der Waals surface area contributed by atoms with E-state index >= 15 is 0 Å². The van der Waals surface area contributed by atoms with E-state index in [1.165, 1.54) is 0 Å². The average molecular weight is 128 g/mol. The van der Waals surface area contributed by atoms with Crippen molar-refractivity contribution in [2.24, 2.45) is 0 Å². The number of hydrogen-bond donors (Lipinski definition) is 2. The van der Waals surface area contributed by atoms with Crippen LogP contribution in [0.4, 0.5) is 0 Å². The van der Waals surface area contributed by atoms with Gasteiger partial charge in [-0.25, -0.2) is 0 Å². The normalized spacial score (nSPS) is 14.6.